The molecular formula is C26H53O2. The third kappa shape index (κ3) is 19.2. The van der Waals surface area contributed by atoms with E-state index < -0.39 is 0 Å². The normalized spacial score (nSPS) is 15.0. The summed E-state index contributed by atoms with van der Waals surface area (Å²) in [5.41, 5.74) is -0.221. The molecule has 0 saturated carbocycles. The summed E-state index contributed by atoms with van der Waals surface area (Å²) in [4.78, 5) is 0. The van der Waals surface area contributed by atoms with Crippen molar-refractivity contribution in [3.63, 3.8) is 0 Å². The highest BCUT2D eigenvalue weighted by atomic mass is 16.5. The lowest BCUT2D eigenvalue weighted by Crippen LogP contribution is -2.34. The number of ether oxygens (including phenoxy) is 2. The van der Waals surface area contributed by atoms with E-state index >= 15 is 0 Å². The fourth-order valence-corrected chi connectivity index (χ4v) is 3.78. The molecule has 0 aliphatic heterocycles. The predicted molar refractivity (Wildman–Crippen MR) is 125 cm³/mol. The molecule has 0 bridgehead atoms. The fourth-order valence-electron chi connectivity index (χ4n) is 3.78. The molecule has 2 heteroatoms. The van der Waals surface area contributed by atoms with E-state index in [2.05, 4.69) is 55.4 Å². The Morgan fingerprint density at radius 1 is 0.607 bits per heavy atom. The van der Waals surface area contributed by atoms with Gasteiger partial charge in [-0.25, -0.2) is 0 Å². The van der Waals surface area contributed by atoms with Crippen LogP contribution in [-0.4, -0.2) is 23.4 Å². The fraction of sp³-hybridized carbons (Fsp3) is 0.962. The summed E-state index contributed by atoms with van der Waals surface area (Å²) in [5, 5.41) is 0. The minimum Gasteiger partial charge on any atom is -0.373 e. The van der Waals surface area contributed by atoms with Gasteiger partial charge in [0, 0.05) is 0 Å². The third-order valence-electron chi connectivity index (χ3n) is 5.02. The van der Waals surface area contributed by atoms with Crippen molar-refractivity contribution < 1.29 is 9.47 Å². The summed E-state index contributed by atoms with van der Waals surface area (Å²) >= 11 is 0. The molecule has 0 aromatic rings. The zero-order valence-electron chi connectivity index (χ0n) is 20.6. The minimum atomic E-state index is -0.120. The topological polar surface area (TPSA) is 18.5 Å². The molecule has 2 atom stereocenters. The average Bonchev–Trinajstić information content (AvgIpc) is 2.56. The maximum Gasteiger partial charge on any atom is 0.0607 e. The monoisotopic (exact) mass is 397 g/mol. The minimum absolute atomic E-state index is 0.101. The van der Waals surface area contributed by atoms with Gasteiger partial charge in [-0.1, -0.05) is 84.5 Å². The van der Waals surface area contributed by atoms with Gasteiger partial charge in [0.1, 0.15) is 0 Å². The van der Waals surface area contributed by atoms with Gasteiger partial charge in [-0.3, -0.25) is 0 Å². The van der Waals surface area contributed by atoms with Gasteiger partial charge in [-0.2, -0.15) is 0 Å². The number of unbranched alkanes of at least 4 members (excludes halogenated alkanes) is 10. The van der Waals surface area contributed by atoms with Crippen molar-refractivity contribution in [3.05, 3.63) is 6.92 Å². The van der Waals surface area contributed by atoms with Crippen LogP contribution in [0.1, 0.15) is 138 Å². The van der Waals surface area contributed by atoms with Gasteiger partial charge in [0.2, 0.25) is 0 Å². The van der Waals surface area contributed by atoms with Crippen molar-refractivity contribution in [2.24, 2.45) is 0 Å². The summed E-state index contributed by atoms with van der Waals surface area (Å²) < 4.78 is 12.6. The second kappa shape index (κ2) is 15.7. The Morgan fingerprint density at radius 3 is 1.39 bits per heavy atom. The van der Waals surface area contributed by atoms with Crippen molar-refractivity contribution in [3.8, 4) is 0 Å². The van der Waals surface area contributed by atoms with Gasteiger partial charge in [0.25, 0.3) is 0 Å². The van der Waals surface area contributed by atoms with Crippen LogP contribution in [0.4, 0.5) is 0 Å². The Bertz CT molecular complexity index is 337. The lowest BCUT2D eigenvalue weighted by Gasteiger charge is -2.33. The predicted octanol–water partition coefficient (Wildman–Crippen LogP) is 8.67. The zero-order chi connectivity index (χ0) is 21.5. The van der Waals surface area contributed by atoms with E-state index in [-0.39, 0.29) is 23.4 Å². The van der Waals surface area contributed by atoms with Crippen LogP contribution >= 0.6 is 0 Å². The maximum absolute atomic E-state index is 6.37. The van der Waals surface area contributed by atoms with E-state index in [1.807, 2.05) is 0 Å². The quantitative estimate of drug-likeness (QED) is 0.228. The number of rotatable bonds is 17. The molecule has 0 aromatic heterocycles. The molecule has 0 aromatic carbocycles. The molecule has 0 heterocycles. The van der Waals surface area contributed by atoms with Crippen LogP contribution in [0.15, 0.2) is 0 Å². The number of hydrogen-bond acceptors (Lipinski definition) is 2. The van der Waals surface area contributed by atoms with Crippen LogP contribution in [0, 0.1) is 6.92 Å². The highest BCUT2D eigenvalue weighted by Gasteiger charge is 2.25. The second-order valence-electron chi connectivity index (χ2n) is 10.6. The van der Waals surface area contributed by atoms with E-state index in [0.717, 1.165) is 19.3 Å². The first-order valence-electron chi connectivity index (χ1n) is 12.2. The Hall–Kier alpha value is -0.0800. The first kappa shape index (κ1) is 27.9. The van der Waals surface area contributed by atoms with Crippen LogP contribution < -0.4 is 0 Å². The first-order valence-corrected chi connectivity index (χ1v) is 12.2. The van der Waals surface area contributed by atoms with Crippen molar-refractivity contribution in [2.75, 3.05) is 0 Å². The van der Waals surface area contributed by atoms with E-state index in [1.165, 1.54) is 70.6 Å². The van der Waals surface area contributed by atoms with Gasteiger partial charge < -0.3 is 9.47 Å². The van der Waals surface area contributed by atoms with Crippen molar-refractivity contribution in [1.82, 2.24) is 0 Å². The Kier molecular flexibility index (Phi) is 15.7. The zero-order valence-corrected chi connectivity index (χ0v) is 20.6. The van der Waals surface area contributed by atoms with Gasteiger partial charge >= 0.3 is 0 Å². The summed E-state index contributed by atoms with van der Waals surface area (Å²) in [6, 6.07) is 0. The van der Waals surface area contributed by atoms with Gasteiger partial charge in [-0.15, -0.1) is 0 Å². The molecule has 0 amide bonds. The Labute approximate surface area is 178 Å². The molecule has 2 unspecified atom stereocenters. The third-order valence-corrected chi connectivity index (χ3v) is 5.02. The van der Waals surface area contributed by atoms with Gasteiger partial charge in [-0.05, 0) is 60.8 Å². The smallest absolute Gasteiger partial charge is 0.0607 e. The lowest BCUT2D eigenvalue weighted by atomic mass is 10.00. The van der Waals surface area contributed by atoms with E-state index in [1.54, 1.807) is 0 Å². The van der Waals surface area contributed by atoms with Gasteiger partial charge in [0.15, 0.2) is 0 Å². The molecule has 0 N–H and O–H groups in total. The Balaban J connectivity index is 4.06. The van der Waals surface area contributed by atoms with Crippen LogP contribution in [-0.2, 0) is 9.47 Å². The van der Waals surface area contributed by atoms with Crippen molar-refractivity contribution >= 4 is 0 Å². The van der Waals surface area contributed by atoms with Crippen molar-refractivity contribution in [2.45, 2.75) is 162 Å². The molecule has 169 valence electrons. The summed E-state index contributed by atoms with van der Waals surface area (Å²) in [6.45, 7) is 19.2. The SMILES string of the molecule is [CH2]CC(CC(CCCCCCCCCCCCC)OC(C)(C)C)OC(C)(C)C. The number of hydrogen-bond donors (Lipinski definition) is 0. The summed E-state index contributed by atoms with van der Waals surface area (Å²) in [6.07, 6.45) is 18.6. The van der Waals surface area contributed by atoms with Crippen LogP contribution in [0.5, 0.6) is 0 Å². The second-order valence-corrected chi connectivity index (χ2v) is 10.6. The van der Waals surface area contributed by atoms with E-state index in [0.29, 0.717) is 0 Å². The molecule has 2 nitrogen and oxygen atoms in total. The van der Waals surface area contributed by atoms with E-state index in [9.17, 15) is 0 Å². The molecule has 0 rings (SSSR count). The van der Waals surface area contributed by atoms with Crippen LogP contribution in [0.2, 0.25) is 0 Å². The molecule has 0 saturated heterocycles. The molecule has 0 fully saturated rings. The lowest BCUT2D eigenvalue weighted by molar-refractivity contribution is -0.113. The molecule has 0 aliphatic carbocycles. The largest absolute Gasteiger partial charge is 0.373 e. The highest BCUT2D eigenvalue weighted by Crippen LogP contribution is 2.24. The van der Waals surface area contributed by atoms with Crippen LogP contribution in [0.25, 0.3) is 0 Å². The molecule has 0 aliphatic rings. The summed E-state index contributed by atoms with van der Waals surface area (Å²) in [7, 11) is 0. The van der Waals surface area contributed by atoms with Crippen LogP contribution in [0.3, 0.4) is 0 Å². The maximum atomic E-state index is 6.37. The molecular weight excluding hydrogens is 344 g/mol. The highest BCUT2D eigenvalue weighted by molar-refractivity contribution is 4.75. The molecule has 28 heavy (non-hydrogen) atoms. The molecule has 1 radical (unpaired) electrons. The molecule has 0 spiro atoms. The summed E-state index contributed by atoms with van der Waals surface area (Å²) in [5.74, 6) is 0. The first-order chi connectivity index (χ1) is 13.1. The Morgan fingerprint density at radius 2 is 1.00 bits per heavy atom. The van der Waals surface area contributed by atoms with E-state index in [4.69, 9.17) is 9.47 Å². The average molecular weight is 398 g/mol. The van der Waals surface area contributed by atoms with Gasteiger partial charge in [0.05, 0.1) is 23.4 Å². The van der Waals surface area contributed by atoms with Crippen molar-refractivity contribution in [1.29, 1.82) is 0 Å². The standard InChI is InChI=1S/C26H53O2/c1-9-11-12-13-14-15-16-17-18-19-20-21-24(28-26(6,7)8)22-23(10-2)27-25(3,4)5/h23-24H,2,9-22H2,1,3-8H3.